The molecule has 0 amide bonds. The maximum absolute atomic E-state index is 10.8. The number of ether oxygens (including phenoxy) is 1. The van der Waals surface area contributed by atoms with E-state index >= 15 is 0 Å². The molecule has 0 aliphatic carbocycles. The molecule has 0 saturated heterocycles. The number of fused-ring (bicyclic) bond motifs is 2. The fourth-order valence-corrected chi connectivity index (χ4v) is 3.30. The van der Waals surface area contributed by atoms with Gasteiger partial charge in [-0.3, -0.25) is 10.1 Å². The first-order valence-corrected chi connectivity index (χ1v) is 9.92. The number of nitrogens with one attached hydrogen (secondary N) is 3. The molecule has 34 heavy (non-hydrogen) atoms. The number of anilines is 6. The monoisotopic (exact) mass is 457 g/mol. The van der Waals surface area contributed by atoms with Gasteiger partial charge in [0.1, 0.15) is 12.0 Å². The molecule has 12 nitrogen and oxygen atoms in total. The van der Waals surface area contributed by atoms with Crippen LogP contribution in [0.4, 0.5) is 45.8 Å². The van der Waals surface area contributed by atoms with Gasteiger partial charge in [0.2, 0.25) is 0 Å². The van der Waals surface area contributed by atoms with Crippen LogP contribution in [-0.4, -0.2) is 19.8 Å². The van der Waals surface area contributed by atoms with E-state index in [2.05, 4.69) is 25.9 Å². The van der Waals surface area contributed by atoms with Crippen molar-refractivity contribution in [2.75, 3.05) is 16.0 Å². The molecule has 5 rings (SSSR count). The molecule has 1 aliphatic rings. The van der Waals surface area contributed by atoms with Gasteiger partial charge < -0.3 is 30.8 Å². The van der Waals surface area contributed by atoms with E-state index in [0.29, 0.717) is 23.0 Å². The van der Waals surface area contributed by atoms with Crippen LogP contribution in [0, 0.1) is 20.2 Å². The predicted octanol–water partition coefficient (Wildman–Crippen LogP) is 5.63. The molecule has 0 radical (unpaired) electrons. The minimum Gasteiger partial charge on any atom is -0.453 e. The summed E-state index contributed by atoms with van der Waals surface area (Å²) in [6.07, 6.45) is 2.58. The third-order valence-electron chi connectivity index (χ3n) is 4.91. The summed E-state index contributed by atoms with van der Waals surface area (Å²) in [5, 5.41) is 31.1. The maximum atomic E-state index is 10.8. The summed E-state index contributed by atoms with van der Waals surface area (Å²) in [6.45, 7) is 0. The van der Waals surface area contributed by atoms with Gasteiger partial charge in [0, 0.05) is 29.6 Å². The van der Waals surface area contributed by atoms with E-state index in [-0.39, 0.29) is 11.5 Å². The molecule has 3 heterocycles. The van der Waals surface area contributed by atoms with Crippen LogP contribution in [0.2, 0.25) is 0 Å². The van der Waals surface area contributed by atoms with Crippen molar-refractivity contribution in [3.63, 3.8) is 0 Å². The van der Waals surface area contributed by atoms with Crippen LogP contribution in [-0.2, 0) is 0 Å². The molecule has 0 spiro atoms. The Labute approximate surface area is 191 Å². The quantitative estimate of drug-likeness (QED) is 0.215. The van der Waals surface area contributed by atoms with Crippen molar-refractivity contribution in [3.05, 3.63) is 93.3 Å². The van der Waals surface area contributed by atoms with Crippen molar-refractivity contribution >= 4 is 45.8 Å². The average Bonchev–Trinajstić information content (AvgIpc) is 2.83. The average molecular weight is 457 g/mol. The number of hydrogen-bond donors (Lipinski definition) is 3. The van der Waals surface area contributed by atoms with Crippen LogP contribution < -0.4 is 20.7 Å². The Morgan fingerprint density at radius 1 is 0.735 bits per heavy atom. The van der Waals surface area contributed by atoms with Crippen molar-refractivity contribution in [2.24, 2.45) is 0 Å². The van der Waals surface area contributed by atoms with Gasteiger partial charge in [-0.15, -0.1) is 0 Å². The first kappa shape index (κ1) is 20.6. The highest BCUT2D eigenvalue weighted by atomic mass is 16.6. The van der Waals surface area contributed by atoms with Crippen molar-refractivity contribution < 1.29 is 14.6 Å². The Morgan fingerprint density at radius 2 is 1.53 bits per heavy atom. The molecule has 168 valence electrons. The lowest BCUT2D eigenvalue weighted by atomic mass is 10.1. The number of pyridine rings is 2. The van der Waals surface area contributed by atoms with E-state index in [1.165, 1.54) is 30.6 Å². The summed E-state index contributed by atoms with van der Waals surface area (Å²) in [5.74, 6) is 1.46. The number of rotatable bonds is 6. The molecule has 0 unspecified atom stereocenters. The highest BCUT2D eigenvalue weighted by Gasteiger charge is 2.18. The van der Waals surface area contributed by atoms with Gasteiger partial charge in [0.05, 0.1) is 22.0 Å². The topological polar surface area (TPSA) is 157 Å². The van der Waals surface area contributed by atoms with E-state index < -0.39 is 9.85 Å². The van der Waals surface area contributed by atoms with E-state index in [9.17, 15) is 20.2 Å². The summed E-state index contributed by atoms with van der Waals surface area (Å²) >= 11 is 0. The minimum atomic E-state index is -0.553. The number of aromatic nitrogens is 2. The molecule has 4 aromatic rings. The Balaban J connectivity index is 1.30. The minimum absolute atomic E-state index is 0.0821. The van der Waals surface area contributed by atoms with Gasteiger partial charge in [-0.2, -0.15) is 0 Å². The molecule has 0 saturated carbocycles. The number of nitro groups is 2. The molecule has 2 aromatic heterocycles. The summed E-state index contributed by atoms with van der Waals surface area (Å²) in [4.78, 5) is 28.3. The second-order valence-corrected chi connectivity index (χ2v) is 7.22. The van der Waals surface area contributed by atoms with Crippen LogP contribution in [0.25, 0.3) is 0 Å². The lowest BCUT2D eigenvalue weighted by Crippen LogP contribution is -2.04. The van der Waals surface area contributed by atoms with E-state index in [0.717, 1.165) is 22.7 Å². The molecule has 1 aliphatic heterocycles. The van der Waals surface area contributed by atoms with Crippen LogP contribution >= 0.6 is 0 Å². The Kier molecular flexibility index (Phi) is 5.07. The maximum Gasteiger partial charge on any atom is 0.363 e. The largest absolute Gasteiger partial charge is 0.453 e. The first-order chi connectivity index (χ1) is 16.4. The highest BCUT2D eigenvalue weighted by molar-refractivity contribution is 5.81. The summed E-state index contributed by atoms with van der Waals surface area (Å²) in [7, 11) is 0. The van der Waals surface area contributed by atoms with Crippen molar-refractivity contribution in [1.82, 2.24) is 9.97 Å². The fourth-order valence-electron chi connectivity index (χ4n) is 3.30. The first-order valence-electron chi connectivity index (χ1n) is 9.92. The van der Waals surface area contributed by atoms with Gasteiger partial charge in [0.25, 0.3) is 5.69 Å². The summed E-state index contributed by atoms with van der Waals surface area (Å²) in [5.41, 5.74) is 3.46. The van der Waals surface area contributed by atoms with Crippen molar-refractivity contribution in [2.45, 2.75) is 0 Å². The second-order valence-electron chi connectivity index (χ2n) is 7.22. The highest BCUT2D eigenvalue weighted by Crippen LogP contribution is 2.44. The van der Waals surface area contributed by atoms with Gasteiger partial charge in [-0.1, -0.05) is 0 Å². The predicted molar refractivity (Wildman–Crippen MR) is 125 cm³/mol. The molecule has 0 bridgehead atoms. The zero-order chi connectivity index (χ0) is 23.7. The Morgan fingerprint density at radius 3 is 2.24 bits per heavy atom. The molecular formula is C22H15N7O5. The molecule has 2 aromatic carbocycles. The molecular weight excluding hydrogens is 442 g/mol. The normalized spacial score (nSPS) is 11.3. The summed E-state index contributed by atoms with van der Waals surface area (Å²) in [6, 6.07) is 16.7. The molecule has 0 fully saturated rings. The standard InChI is InChI=1S/C22H15N7O5/c30-28(31)16-4-7-21(23-12-16)26-13-2-6-19-18(9-13)27-17-5-1-14(10-20(17)34-19)25-15-3-8-22(24-11-15)29(32)33/h1-12,25,27H,(H,23,26). The number of benzene rings is 2. The zero-order valence-electron chi connectivity index (χ0n) is 17.3. The number of hydrogen-bond acceptors (Lipinski definition) is 10. The Bertz CT molecular complexity index is 1300. The third kappa shape index (κ3) is 4.23. The lowest BCUT2D eigenvalue weighted by molar-refractivity contribution is -0.389. The van der Waals surface area contributed by atoms with Gasteiger partial charge in [-0.05, 0) is 52.4 Å². The fraction of sp³-hybridized carbons (Fsp3) is 0. The van der Waals surface area contributed by atoms with Crippen molar-refractivity contribution in [3.8, 4) is 11.5 Å². The van der Waals surface area contributed by atoms with Gasteiger partial charge >= 0.3 is 5.82 Å². The van der Waals surface area contributed by atoms with Crippen LogP contribution in [0.15, 0.2) is 73.1 Å². The summed E-state index contributed by atoms with van der Waals surface area (Å²) < 4.78 is 6.03. The third-order valence-corrected chi connectivity index (χ3v) is 4.91. The van der Waals surface area contributed by atoms with E-state index in [4.69, 9.17) is 4.74 Å². The van der Waals surface area contributed by atoms with Crippen molar-refractivity contribution in [1.29, 1.82) is 0 Å². The molecule has 3 N–H and O–H groups in total. The number of nitrogens with zero attached hydrogens (tertiary/aromatic N) is 4. The second kappa shape index (κ2) is 8.35. The SMILES string of the molecule is O=[N+]([O-])c1ccc(Nc2ccc3c(c2)Nc2ccc(Nc4ccc([N+](=O)[O-])nc4)cc2O3)nc1. The Hall–Kier alpha value is -5.26. The smallest absolute Gasteiger partial charge is 0.363 e. The van der Waals surface area contributed by atoms with Crippen LogP contribution in [0.1, 0.15) is 0 Å². The molecule has 12 heteroatoms. The van der Waals surface area contributed by atoms with Crippen LogP contribution in [0.3, 0.4) is 0 Å². The molecule has 0 atom stereocenters. The van der Waals surface area contributed by atoms with E-state index in [1.807, 2.05) is 18.2 Å². The lowest BCUT2D eigenvalue weighted by Gasteiger charge is -2.23. The van der Waals surface area contributed by atoms with Gasteiger partial charge in [0.15, 0.2) is 17.7 Å². The zero-order valence-corrected chi connectivity index (χ0v) is 17.3. The van der Waals surface area contributed by atoms with E-state index in [1.54, 1.807) is 24.3 Å². The van der Waals surface area contributed by atoms with Gasteiger partial charge in [-0.25, -0.2) is 4.98 Å². The van der Waals surface area contributed by atoms with Crippen LogP contribution in [0.5, 0.6) is 11.5 Å².